The molecule has 0 saturated carbocycles. The van der Waals surface area contributed by atoms with E-state index in [1.54, 1.807) is 39.0 Å². The van der Waals surface area contributed by atoms with E-state index in [4.69, 9.17) is 4.74 Å². The van der Waals surface area contributed by atoms with Crippen molar-refractivity contribution >= 4 is 17.5 Å². The predicted octanol–water partition coefficient (Wildman–Crippen LogP) is 2.08. The Morgan fingerprint density at radius 2 is 2.21 bits per heavy atom. The van der Waals surface area contributed by atoms with Gasteiger partial charge in [-0.3, -0.25) is 14.3 Å². The summed E-state index contributed by atoms with van der Waals surface area (Å²) in [6.45, 7) is 3.91. The Morgan fingerprint density at radius 3 is 2.96 bits per heavy atom. The van der Waals surface area contributed by atoms with Crippen molar-refractivity contribution in [1.82, 2.24) is 14.7 Å². The maximum Gasteiger partial charge on any atom is 0.257 e. The molecule has 0 N–H and O–H groups in total. The Kier molecular flexibility index (Phi) is 4.89. The fraction of sp³-hybridized carbons (Fsp3) is 0.450. The number of aryl methyl sites for hydroxylation is 1. The molecule has 0 bridgehead atoms. The van der Waals surface area contributed by atoms with E-state index in [0.29, 0.717) is 37.4 Å². The average molecular weight is 386 g/mol. The first-order valence-electron chi connectivity index (χ1n) is 9.51. The molecule has 8 heteroatoms. The van der Waals surface area contributed by atoms with Gasteiger partial charge in [0.15, 0.2) is 0 Å². The lowest BCUT2D eigenvalue weighted by atomic mass is 9.90. The smallest absolute Gasteiger partial charge is 0.257 e. The second-order valence-electron chi connectivity index (χ2n) is 7.35. The van der Waals surface area contributed by atoms with Crippen LogP contribution in [0.2, 0.25) is 0 Å². The zero-order valence-corrected chi connectivity index (χ0v) is 15.8. The summed E-state index contributed by atoms with van der Waals surface area (Å²) >= 11 is 0. The van der Waals surface area contributed by atoms with Crippen molar-refractivity contribution in [2.24, 2.45) is 0 Å². The van der Waals surface area contributed by atoms with Crippen molar-refractivity contribution in [3.8, 4) is 0 Å². The van der Waals surface area contributed by atoms with Gasteiger partial charge in [0.2, 0.25) is 0 Å². The van der Waals surface area contributed by atoms with Crippen LogP contribution in [-0.4, -0.2) is 58.3 Å². The van der Waals surface area contributed by atoms with Gasteiger partial charge in [0.05, 0.1) is 24.8 Å². The number of piperidine rings is 1. The van der Waals surface area contributed by atoms with Crippen molar-refractivity contribution in [2.45, 2.75) is 31.9 Å². The van der Waals surface area contributed by atoms with Gasteiger partial charge in [0, 0.05) is 25.0 Å². The molecule has 2 aromatic rings. The number of carbonyl (C=O) groups excluding carboxylic acids is 2. The fourth-order valence-electron chi connectivity index (χ4n) is 3.94. The van der Waals surface area contributed by atoms with Crippen LogP contribution in [-0.2, 0) is 16.1 Å². The highest BCUT2D eigenvalue weighted by Crippen LogP contribution is 2.32. The number of morpholine rings is 1. The summed E-state index contributed by atoms with van der Waals surface area (Å²) in [5.41, 5.74) is 0.419. The van der Waals surface area contributed by atoms with Gasteiger partial charge in [0.1, 0.15) is 18.0 Å². The Hall–Kier alpha value is -2.74. The summed E-state index contributed by atoms with van der Waals surface area (Å²) in [4.78, 5) is 28.6. The monoisotopic (exact) mass is 386 g/mol. The lowest BCUT2D eigenvalue weighted by Gasteiger charge is -2.47. The Balaban J connectivity index is 1.53. The molecule has 2 aliphatic rings. The number of hydrogen-bond donors (Lipinski definition) is 0. The van der Waals surface area contributed by atoms with Gasteiger partial charge in [0.25, 0.3) is 11.8 Å². The summed E-state index contributed by atoms with van der Waals surface area (Å²) in [5, 5.41) is 4.17. The summed E-state index contributed by atoms with van der Waals surface area (Å²) in [7, 11) is 0. The van der Waals surface area contributed by atoms with Crippen molar-refractivity contribution in [1.29, 1.82) is 0 Å². The Morgan fingerprint density at radius 1 is 1.36 bits per heavy atom. The topological polar surface area (TPSA) is 67.7 Å². The molecular weight excluding hydrogens is 363 g/mol. The van der Waals surface area contributed by atoms with Crippen molar-refractivity contribution in [2.75, 3.05) is 31.1 Å². The largest absolute Gasteiger partial charge is 0.361 e. The van der Waals surface area contributed by atoms with Crippen LogP contribution < -0.4 is 4.90 Å². The molecule has 2 fully saturated rings. The maximum atomic E-state index is 13.6. The number of carbonyl (C=O) groups is 2. The molecular formula is C20H23FN4O3. The molecule has 28 heavy (non-hydrogen) atoms. The van der Waals surface area contributed by atoms with E-state index in [1.165, 1.54) is 12.1 Å². The number of anilines is 1. The summed E-state index contributed by atoms with van der Waals surface area (Å²) in [6, 6.07) is 6.00. The van der Waals surface area contributed by atoms with Gasteiger partial charge in [-0.1, -0.05) is 6.07 Å². The van der Waals surface area contributed by atoms with E-state index in [-0.39, 0.29) is 24.2 Å². The maximum absolute atomic E-state index is 13.6. The van der Waals surface area contributed by atoms with Crippen molar-refractivity contribution < 1.29 is 18.7 Å². The summed E-state index contributed by atoms with van der Waals surface area (Å²) in [6.07, 6.45) is 4.84. The molecule has 1 aromatic heterocycles. The lowest BCUT2D eigenvalue weighted by Crippen LogP contribution is -2.62. The zero-order chi connectivity index (χ0) is 19.7. The third kappa shape index (κ3) is 3.52. The van der Waals surface area contributed by atoms with Gasteiger partial charge in [-0.15, -0.1) is 0 Å². The molecule has 2 saturated heterocycles. The molecule has 2 aliphatic heterocycles. The fourth-order valence-corrected chi connectivity index (χ4v) is 3.94. The van der Waals surface area contributed by atoms with E-state index >= 15 is 0 Å². The molecule has 1 aromatic carbocycles. The number of nitrogens with zero attached hydrogens (tertiary/aromatic N) is 4. The number of aromatic nitrogens is 2. The van der Waals surface area contributed by atoms with Crippen LogP contribution in [0.15, 0.2) is 36.7 Å². The van der Waals surface area contributed by atoms with Crippen LogP contribution in [0.25, 0.3) is 0 Å². The normalized spacial score (nSPS) is 22.7. The SMILES string of the molecule is CCn1cc(C(=O)N2CCCC3(C2)CN(c2cccc(F)c2)C(=O)CO3)cn1. The Labute approximate surface area is 162 Å². The number of rotatable bonds is 3. The highest BCUT2D eigenvalue weighted by atomic mass is 19.1. The summed E-state index contributed by atoms with van der Waals surface area (Å²) in [5.74, 6) is -0.681. The quantitative estimate of drug-likeness (QED) is 0.810. The number of halogens is 1. The number of amides is 2. The lowest BCUT2D eigenvalue weighted by molar-refractivity contribution is -0.144. The minimum atomic E-state index is -0.644. The van der Waals surface area contributed by atoms with Crippen LogP contribution in [0.1, 0.15) is 30.1 Å². The molecule has 4 rings (SSSR count). The van der Waals surface area contributed by atoms with Crippen LogP contribution in [0, 0.1) is 5.82 Å². The highest BCUT2D eigenvalue weighted by Gasteiger charge is 2.44. The van der Waals surface area contributed by atoms with E-state index in [9.17, 15) is 14.0 Å². The van der Waals surface area contributed by atoms with E-state index in [2.05, 4.69) is 5.10 Å². The molecule has 3 heterocycles. The van der Waals surface area contributed by atoms with Crippen LogP contribution >= 0.6 is 0 Å². The van der Waals surface area contributed by atoms with Gasteiger partial charge >= 0.3 is 0 Å². The first-order chi connectivity index (χ1) is 13.5. The Bertz CT molecular complexity index is 899. The molecule has 7 nitrogen and oxygen atoms in total. The van der Waals surface area contributed by atoms with E-state index in [1.807, 2.05) is 6.92 Å². The van der Waals surface area contributed by atoms with Crippen LogP contribution in [0.5, 0.6) is 0 Å². The van der Waals surface area contributed by atoms with Crippen molar-refractivity contribution in [3.05, 3.63) is 48.0 Å². The molecule has 1 atom stereocenters. The predicted molar refractivity (Wildman–Crippen MR) is 100 cm³/mol. The molecule has 2 amide bonds. The first kappa shape index (κ1) is 18.6. The standard InChI is InChI=1S/C20H23FN4O3/c1-2-24-11-15(10-22-24)19(27)23-8-4-7-20(13-23)14-25(18(26)12-28-20)17-6-3-5-16(21)9-17/h3,5-6,9-11H,2,4,7-8,12-14H2,1H3. The second-order valence-corrected chi connectivity index (χ2v) is 7.35. The number of benzene rings is 1. The van der Waals surface area contributed by atoms with Gasteiger partial charge in [-0.2, -0.15) is 5.10 Å². The van der Waals surface area contributed by atoms with Crippen molar-refractivity contribution in [3.63, 3.8) is 0 Å². The molecule has 0 radical (unpaired) electrons. The highest BCUT2D eigenvalue weighted by molar-refractivity contribution is 5.96. The van der Waals surface area contributed by atoms with Gasteiger partial charge < -0.3 is 14.5 Å². The van der Waals surface area contributed by atoms with E-state index in [0.717, 1.165) is 12.8 Å². The van der Waals surface area contributed by atoms with Crippen LogP contribution in [0.4, 0.5) is 10.1 Å². The number of hydrogen-bond acceptors (Lipinski definition) is 4. The second kappa shape index (κ2) is 7.35. The minimum Gasteiger partial charge on any atom is -0.361 e. The first-order valence-corrected chi connectivity index (χ1v) is 9.51. The van der Waals surface area contributed by atoms with Gasteiger partial charge in [-0.25, -0.2) is 4.39 Å². The molecule has 1 spiro atoms. The number of ether oxygens (including phenoxy) is 1. The average Bonchev–Trinajstić information content (AvgIpc) is 3.19. The van der Waals surface area contributed by atoms with E-state index < -0.39 is 5.60 Å². The molecule has 148 valence electrons. The third-order valence-electron chi connectivity index (χ3n) is 5.40. The van der Waals surface area contributed by atoms with Gasteiger partial charge in [-0.05, 0) is 38.0 Å². The molecule has 1 unspecified atom stereocenters. The third-order valence-corrected chi connectivity index (χ3v) is 5.40. The summed E-state index contributed by atoms with van der Waals surface area (Å²) < 4.78 is 21.3. The molecule has 0 aliphatic carbocycles. The zero-order valence-electron chi connectivity index (χ0n) is 15.8. The minimum absolute atomic E-state index is 0.0771. The number of likely N-dealkylation sites (tertiary alicyclic amines) is 1. The van der Waals surface area contributed by atoms with Crippen LogP contribution in [0.3, 0.4) is 0 Å².